The maximum Gasteiger partial charge on any atom is 0.0900 e. The van der Waals surface area contributed by atoms with Gasteiger partial charge in [0.1, 0.15) is 0 Å². The molecule has 5 aliphatic rings. The van der Waals surface area contributed by atoms with E-state index < -0.39 is 0 Å². The SMILES string of the molecule is CN1CCN(C[C@@H](O)COCC23CC4CC(CC(C4)C2)C3)CC1. The number of aliphatic hydroxyl groups excluding tert-OH is 1. The van der Waals surface area contributed by atoms with Gasteiger partial charge in [0.15, 0.2) is 0 Å². The predicted molar refractivity (Wildman–Crippen MR) is 91.4 cm³/mol. The lowest BCUT2D eigenvalue weighted by Gasteiger charge is -2.56. The lowest BCUT2D eigenvalue weighted by molar-refractivity contribution is -0.107. The van der Waals surface area contributed by atoms with E-state index in [-0.39, 0.29) is 6.10 Å². The topological polar surface area (TPSA) is 35.9 Å². The third-order valence-electron chi connectivity index (χ3n) is 6.95. The molecule has 23 heavy (non-hydrogen) atoms. The van der Waals surface area contributed by atoms with E-state index >= 15 is 0 Å². The highest BCUT2D eigenvalue weighted by molar-refractivity contribution is 5.01. The molecule has 0 amide bonds. The minimum atomic E-state index is -0.327. The molecular formula is C19H34N2O2. The lowest BCUT2D eigenvalue weighted by atomic mass is 9.50. The van der Waals surface area contributed by atoms with Crippen molar-refractivity contribution in [2.75, 3.05) is 53.0 Å². The van der Waals surface area contributed by atoms with Gasteiger partial charge in [-0.1, -0.05) is 0 Å². The van der Waals surface area contributed by atoms with Gasteiger partial charge in [-0.25, -0.2) is 0 Å². The Hall–Kier alpha value is -0.160. The lowest BCUT2D eigenvalue weighted by Crippen LogP contribution is -2.49. The standard InChI is InChI=1S/C19H34N2O2/c1-20-2-4-21(5-3-20)12-18(22)13-23-14-19-9-15-6-16(10-19)8-17(7-15)11-19/h15-18,22H,2-14H2,1H3/t15?,16?,17?,18-,19?/m1/s1. The number of rotatable bonds is 6. The number of aliphatic hydroxyl groups is 1. The van der Waals surface area contributed by atoms with Gasteiger partial charge in [-0.3, -0.25) is 4.90 Å². The molecule has 0 radical (unpaired) electrons. The van der Waals surface area contributed by atoms with E-state index in [1.807, 2.05) is 0 Å². The molecule has 132 valence electrons. The molecule has 4 aliphatic carbocycles. The van der Waals surface area contributed by atoms with Gasteiger partial charge >= 0.3 is 0 Å². The van der Waals surface area contributed by atoms with Gasteiger partial charge in [-0.05, 0) is 68.7 Å². The number of piperazine rings is 1. The molecule has 1 saturated heterocycles. The molecule has 0 spiro atoms. The highest BCUT2D eigenvalue weighted by atomic mass is 16.5. The summed E-state index contributed by atoms with van der Waals surface area (Å²) in [6, 6.07) is 0. The summed E-state index contributed by atoms with van der Waals surface area (Å²) in [7, 11) is 2.17. The van der Waals surface area contributed by atoms with E-state index in [0.29, 0.717) is 12.0 Å². The van der Waals surface area contributed by atoms with Gasteiger partial charge in [-0.2, -0.15) is 0 Å². The summed E-state index contributed by atoms with van der Waals surface area (Å²) in [4.78, 5) is 4.73. The van der Waals surface area contributed by atoms with Gasteiger partial charge in [0, 0.05) is 32.7 Å². The van der Waals surface area contributed by atoms with Crippen molar-refractivity contribution in [3.63, 3.8) is 0 Å². The number of likely N-dealkylation sites (N-methyl/N-ethyl adjacent to an activating group) is 1. The first-order chi connectivity index (χ1) is 11.1. The Morgan fingerprint density at radius 2 is 1.57 bits per heavy atom. The second-order valence-electron chi connectivity index (χ2n) is 9.19. The van der Waals surface area contributed by atoms with E-state index in [9.17, 15) is 5.11 Å². The Morgan fingerprint density at radius 3 is 2.13 bits per heavy atom. The quantitative estimate of drug-likeness (QED) is 0.809. The molecule has 0 aromatic carbocycles. The molecule has 5 rings (SSSR count). The summed E-state index contributed by atoms with van der Waals surface area (Å²) in [6.45, 7) is 6.56. The van der Waals surface area contributed by atoms with Crippen molar-refractivity contribution in [2.24, 2.45) is 23.2 Å². The smallest absolute Gasteiger partial charge is 0.0900 e. The fraction of sp³-hybridized carbons (Fsp3) is 1.00. The Morgan fingerprint density at radius 1 is 1.00 bits per heavy atom. The summed E-state index contributed by atoms with van der Waals surface area (Å²) in [5.74, 6) is 2.96. The van der Waals surface area contributed by atoms with Crippen molar-refractivity contribution in [3.8, 4) is 0 Å². The number of nitrogens with zero attached hydrogens (tertiary/aromatic N) is 2. The second kappa shape index (κ2) is 6.62. The second-order valence-corrected chi connectivity index (χ2v) is 9.19. The first-order valence-electron chi connectivity index (χ1n) is 9.77. The zero-order valence-corrected chi connectivity index (χ0v) is 14.8. The molecule has 1 heterocycles. The van der Waals surface area contributed by atoms with Crippen molar-refractivity contribution in [1.29, 1.82) is 0 Å². The molecule has 1 atom stereocenters. The molecule has 0 unspecified atom stereocenters. The maximum absolute atomic E-state index is 10.3. The molecule has 1 aliphatic heterocycles. The van der Waals surface area contributed by atoms with E-state index in [1.54, 1.807) is 0 Å². The van der Waals surface area contributed by atoms with Crippen LogP contribution in [0, 0.1) is 23.2 Å². The number of β-amino-alcohol motifs (C(OH)–C–C–N with tert-alkyl or cyclic N) is 1. The molecule has 0 aromatic rings. The molecule has 0 aromatic heterocycles. The van der Waals surface area contributed by atoms with Gasteiger partial charge in [0.25, 0.3) is 0 Å². The van der Waals surface area contributed by atoms with Crippen LogP contribution in [-0.2, 0) is 4.74 Å². The molecule has 4 nitrogen and oxygen atoms in total. The van der Waals surface area contributed by atoms with Crippen LogP contribution in [-0.4, -0.2) is 74.0 Å². The predicted octanol–water partition coefficient (Wildman–Crippen LogP) is 1.83. The van der Waals surface area contributed by atoms with Gasteiger partial charge in [0.2, 0.25) is 0 Å². The van der Waals surface area contributed by atoms with Crippen LogP contribution in [0.5, 0.6) is 0 Å². The van der Waals surface area contributed by atoms with E-state index in [0.717, 1.165) is 57.1 Å². The minimum absolute atomic E-state index is 0.327. The van der Waals surface area contributed by atoms with Crippen LogP contribution in [0.1, 0.15) is 38.5 Å². The van der Waals surface area contributed by atoms with E-state index in [1.165, 1.54) is 38.5 Å². The molecule has 4 saturated carbocycles. The van der Waals surface area contributed by atoms with Crippen molar-refractivity contribution in [3.05, 3.63) is 0 Å². The summed E-state index contributed by atoms with van der Waals surface area (Å²) >= 11 is 0. The summed E-state index contributed by atoms with van der Waals surface area (Å²) < 4.78 is 6.06. The maximum atomic E-state index is 10.3. The van der Waals surface area contributed by atoms with Crippen molar-refractivity contribution >= 4 is 0 Å². The number of ether oxygens (including phenoxy) is 1. The average molecular weight is 322 g/mol. The molecule has 1 N–H and O–H groups in total. The largest absolute Gasteiger partial charge is 0.389 e. The van der Waals surface area contributed by atoms with Crippen molar-refractivity contribution < 1.29 is 9.84 Å². The highest BCUT2D eigenvalue weighted by Crippen LogP contribution is 2.60. The van der Waals surface area contributed by atoms with Crippen LogP contribution in [0.15, 0.2) is 0 Å². The fourth-order valence-corrected chi connectivity index (χ4v) is 6.26. The first-order valence-corrected chi connectivity index (χ1v) is 9.77. The third kappa shape index (κ3) is 3.76. The number of hydrogen-bond donors (Lipinski definition) is 1. The first kappa shape index (κ1) is 16.3. The Kier molecular flexibility index (Phi) is 4.70. The van der Waals surface area contributed by atoms with Crippen LogP contribution in [0.4, 0.5) is 0 Å². The van der Waals surface area contributed by atoms with Crippen molar-refractivity contribution in [2.45, 2.75) is 44.6 Å². The fourth-order valence-electron chi connectivity index (χ4n) is 6.26. The number of hydrogen-bond acceptors (Lipinski definition) is 4. The summed E-state index contributed by atoms with van der Waals surface area (Å²) in [5.41, 5.74) is 0.475. The van der Waals surface area contributed by atoms with E-state index in [2.05, 4.69) is 16.8 Å². The van der Waals surface area contributed by atoms with Crippen LogP contribution < -0.4 is 0 Å². The van der Waals surface area contributed by atoms with Gasteiger partial charge in [-0.15, -0.1) is 0 Å². The normalized spacial score (nSPS) is 42.3. The molecule has 5 fully saturated rings. The zero-order chi connectivity index (χ0) is 15.9. The average Bonchev–Trinajstić information content (AvgIpc) is 2.48. The summed E-state index contributed by atoms with van der Waals surface area (Å²) in [6.07, 6.45) is 8.34. The zero-order valence-electron chi connectivity index (χ0n) is 14.8. The van der Waals surface area contributed by atoms with Crippen molar-refractivity contribution in [1.82, 2.24) is 9.80 Å². The van der Waals surface area contributed by atoms with Gasteiger partial charge < -0.3 is 14.7 Å². The molecular weight excluding hydrogens is 288 g/mol. The van der Waals surface area contributed by atoms with Crippen LogP contribution >= 0.6 is 0 Å². The van der Waals surface area contributed by atoms with Crippen LogP contribution in [0.25, 0.3) is 0 Å². The summed E-state index contributed by atoms with van der Waals surface area (Å²) in [5, 5.41) is 10.3. The van der Waals surface area contributed by atoms with E-state index in [4.69, 9.17) is 4.74 Å². The minimum Gasteiger partial charge on any atom is -0.389 e. The Balaban J connectivity index is 1.20. The molecule has 4 bridgehead atoms. The monoisotopic (exact) mass is 322 g/mol. The highest BCUT2D eigenvalue weighted by Gasteiger charge is 2.50. The molecule has 4 heteroatoms. The third-order valence-corrected chi connectivity index (χ3v) is 6.95. The Labute approximate surface area is 141 Å². The van der Waals surface area contributed by atoms with Crippen LogP contribution in [0.3, 0.4) is 0 Å². The Bertz CT molecular complexity index is 371. The van der Waals surface area contributed by atoms with Crippen LogP contribution in [0.2, 0.25) is 0 Å². The van der Waals surface area contributed by atoms with Gasteiger partial charge in [0.05, 0.1) is 19.3 Å².